The van der Waals surface area contributed by atoms with Crippen LogP contribution in [0.25, 0.3) is 0 Å². The lowest BCUT2D eigenvalue weighted by Gasteiger charge is -2.13. The van der Waals surface area contributed by atoms with Gasteiger partial charge in [-0.05, 0) is 25.1 Å². The number of alkyl halides is 3. The number of rotatable bonds is 3. The Labute approximate surface area is 90.0 Å². The van der Waals surface area contributed by atoms with Crippen LogP contribution in [0.15, 0.2) is 18.2 Å². The first kappa shape index (κ1) is 12.4. The van der Waals surface area contributed by atoms with Gasteiger partial charge in [0.05, 0.1) is 0 Å². The zero-order valence-electron chi connectivity index (χ0n) is 8.47. The van der Waals surface area contributed by atoms with Crippen molar-refractivity contribution >= 4 is 11.5 Å². The predicted octanol–water partition coefficient (Wildman–Crippen LogP) is 2.30. The minimum atomic E-state index is -4.78. The van der Waals surface area contributed by atoms with Gasteiger partial charge in [0, 0.05) is 17.7 Å². The molecule has 0 bridgehead atoms. The van der Waals surface area contributed by atoms with Crippen molar-refractivity contribution in [2.75, 3.05) is 5.73 Å². The first-order valence-corrected chi connectivity index (χ1v) is 4.41. The number of ether oxygens (including phenoxy) is 1. The molecule has 6 heteroatoms. The molecule has 0 saturated heterocycles. The van der Waals surface area contributed by atoms with E-state index >= 15 is 0 Å². The maximum absolute atomic E-state index is 12.0. The first-order valence-electron chi connectivity index (χ1n) is 4.41. The molecule has 16 heavy (non-hydrogen) atoms. The minimum Gasteiger partial charge on any atom is -0.405 e. The van der Waals surface area contributed by atoms with Crippen molar-refractivity contribution in [2.24, 2.45) is 0 Å². The molecule has 0 radical (unpaired) electrons. The maximum atomic E-state index is 12.0. The summed E-state index contributed by atoms with van der Waals surface area (Å²) in [6.45, 7) is 1.28. The quantitative estimate of drug-likeness (QED) is 0.815. The van der Waals surface area contributed by atoms with E-state index < -0.39 is 12.1 Å². The molecular weight excluding hydrogens is 223 g/mol. The van der Waals surface area contributed by atoms with E-state index in [0.717, 1.165) is 6.07 Å². The number of ketones is 1. The second kappa shape index (κ2) is 4.42. The topological polar surface area (TPSA) is 52.3 Å². The molecular formula is C10H10F3NO2. The molecule has 1 aromatic rings. The van der Waals surface area contributed by atoms with Crippen LogP contribution in [0.4, 0.5) is 18.9 Å². The van der Waals surface area contributed by atoms with Crippen LogP contribution in [0.3, 0.4) is 0 Å². The van der Waals surface area contributed by atoms with Crippen molar-refractivity contribution < 1.29 is 22.7 Å². The third-order valence-corrected chi connectivity index (χ3v) is 1.75. The van der Waals surface area contributed by atoms with Gasteiger partial charge < -0.3 is 10.5 Å². The van der Waals surface area contributed by atoms with Crippen LogP contribution in [0, 0.1) is 0 Å². The highest BCUT2D eigenvalue weighted by atomic mass is 19.4. The van der Waals surface area contributed by atoms with E-state index in [4.69, 9.17) is 5.73 Å². The zero-order chi connectivity index (χ0) is 12.3. The van der Waals surface area contributed by atoms with E-state index in [2.05, 4.69) is 4.74 Å². The molecule has 1 rings (SSSR count). The Morgan fingerprint density at radius 1 is 1.44 bits per heavy atom. The minimum absolute atomic E-state index is 0.129. The van der Waals surface area contributed by atoms with Gasteiger partial charge in [-0.3, -0.25) is 4.79 Å². The van der Waals surface area contributed by atoms with E-state index in [1.54, 1.807) is 0 Å². The number of nitrogens with two attached hydrogens (primary N) is 1. The number of carbonyl (C=O) groups excluding carboxylic acids is 1. The van der Waals surface area contributed by atoms with E-state index in [1.165, 1.54) is 19.1 Å². The molecule has 0 spiro atoms. The fourth-order valence-electron chi connectivity index (χ4n) is 1.23. The lowest BCUT2D eigenvalue weighted by Crippen LogP contribution is -2.18. The van der Waals surface area contributed by atoms with Crippen molar-refractivity contribution in [2.45, 2.75) is 19.7 Å². The molecule has 0 aliphatic heterocycles. The summed E-state index contributed by atoms with van der Waals surface area (Å²) in [6, 6.07) is 3.67. The Hall–Kier alpha value is -1.72. The van der Waals surface area contributed by atoms with Gasteiger partial charge in [0.2, 0.25) is 0 Å². The summed E-state index contributed by atoms with van der Waals surface area (Å²) in [6.07, 6.45) is -4.92. The summed E-state index contributed by atoms with van der Waals surface area (Å²) in [7, 11) is 0. The second-order valence-corrected chi connectivity index (χ2v) is 3.29. The molecule has 0 unspecified atom stereocenters. The van der Waals surface area contributed by atoms with Gasteiger partial charge in [0.1, 0.15) is 11.5 Å². The summed E-state index contributed by atoms with van der Waals surface area (Å²) in [4.78, 5) is 10.9. The van der Waals surface area contributed by atoms with Crippen molar-refractivity contribution in [1.29, 1.82) is 0 Å². The number of anilines is 1. The highest BCUT2D eigenvalue weighted by molar-refractivity contribution is 5.79. The molecule has 0 atom stereocenters. The van der Waals surface area contributed by atoms with Crippen molar-refractivity contribution in [1.82, 2.24) is 0 Å². The average Bonchev–Trinajstić information content (AvgIpc) is 2.06. The van der Waals surface area contributed by atoms with Gasteiger partial charge in [0.25, 0.3) is 0 Å². The fraction of sp³-hybridized carbons (Fsp3) is 0.300. The van der Waals surface area contributed by atoms with Crippen molar-refractivity contribution in [3.8, 4) is 5.75 Å². The first-order chi connectivity index (χ1) is 7.28. The Balaban J connectivity index is 3.02. The summed E-state index contributed by atoms with van der Waals surface area (Å²) in [5.74, 6) is -0.658. The number of Topliss-reactive ketones (excluding diaryl/α,β-unsaturated/α-hetero) is 1. The number of hydrogen-bond acceptors (Lipinski definition) is 3. The number of halogens is 3. The summed E-state index contributed by atoms with van der Waals surface area (Å²) < 4.78 is 39.8. The Morgan fingerprint density at radius 3 is 2.56 bits per heavy atom. The number of benzene rings is 1. The van der Waals surface area contributed by atoms with Crippen LogP contribution < -0.4 is 10.5 Å². The Bertz CT molecular complexity index is 402. The molecule has 0 fully saturated rings. The molecule has 2 N–H and O–H groups in total. The third-order valence-electron chi connectivity index (χ3n) is 1.75. The summed E-state index contributed by atoms with van der Waals surface area (Å²) >= 11 is 0. The normalized spacial score (nSPS) is 11.2. The number of nitrogen functional groups attached to an aromatic ring is 1. The average molecular weight is 233 g/mol. The van der Waals surface area contributed by atoms with Gasteiger partial charge in [-0.1, -0.05) is 0 Å². The molecule has 0 aliphatic carbocycles. The molecule has 0 heterocycles. The summed E-state index contributed by atoms with van der Waals surface area (Å²) in [5.41, 5.74) is 5.83. The van der Waals surface area contributed by atoms with E-state index in [0.29, 0.717) is 0 Å². The number of hydrogen-bond donors (Lipinski definition) is 1. The van der Waals surface area contributed by atoms with Crippen LogP contribution in [-0.2, 0) is 11.2 Å². The van der Waals surface area contributed by atoms with E-state index in [1.807, 2.05) is 0 Å². The van der Waals surface area contributed by atoms with Crippen LogP contribution >= 0.6 is 0 Å². The standard InChI is InChI=1S/C10H10F3NO2/c1-6(15)4-7-5-8(14)2-3-9(7)16-10(11,12)13/h2-3,5H,4,14H2,1H3. The molecule has 0 aromatic heterocycles. The highest BCUT2D eigenvalue weighted by Crippen LogP contribution is 2.28. The van der Waals surface area contributed by atoms with Crippen LogP contribution in [0.1, 0.15) is 12.5 Å². The zero-order valence-corrected chi connectivity index (χ0v) is 8.47. The molecule has 0 amide bonds. The van der Waals surface area contributed by atoms with Crippen LogP contribution in [0.2, 0.25) is 0 Å². The molecule has 0 saturated carbocycles. The van der Waals surface area contributed by atoms with Gasteiger partial charge >= 0.3 is 6.36 Å². The van der Waals surface area contributed by atoms with E-state index in [-0.39, 0.29) is 23.5 Å². The van der Waals surface area contributed by atoms with Crippen LogP contribution in [0.5, 0.6) is 5.75 Å². The van der Waals surface area contributed by atoms with Gasteiger partial charge in [-0.2, -0.15) is 0 Å². The third kappa shape index (κ3) is 3.80. The highest BCUT2D eigenvalue weighted by Gasteiger charge is 2.32. The molecule has 1 aromatic carbocycles. The van der Waals surface area contributed by atoms with E-state index in [9.17, 15) is 18.0 Å². The van der Waals surface area contributed by atoms with Gasteiger partial charge in [-0.25, -0.2) is 0 Å². The van der Waals surface area contributed by atoms with Crippen molar-refractivity contribution in [3.05, 3.63) is 23.8 Å². The monoisotopic (exact) mass is 233 g/mol. The predicted molar refractivity (Wildman–Crippen MR) is 51.9 cm³/mol. The lowest BCUT2D eigenvalue weighted by atomic mass is 10.1. The van der Waals surface area contributed by atoms with Gasteiger partial charge in [0.15, 0.2) is 0 Å². The molecule has 3 nitrogen and oxygen atoms in total. The lowest BCUT2D eigenvalue weighted by molar-refractivity contribution is -0.274. The smallest absolute Gasteiger partial charge is 0.405 e. The maximum Gasteiger partial charge on any atom is 0.573 e. The number of carbonyl (C=O) groups is 1. The summed E-state index contributed by atoms with van der Waals surface area (Å²) in [5, 5.41) is 0. The Kier molecular flexibility index (Phi) is 3.41. The molecule has 0 aliphatic rings. The fourth-order valence-corrected chi connectivity index (χ4v) is 1.23. The Morgan fingerprint density at radius 2 is 2.06 bits per heavy atom. The SMILES string of the molecule is CC(=O)Cc1cc(N)ccc1OC(F)(F)F. The second-order valence-electron chi connectivity index (χ2n) is 3.29. The largest absolute Gasteiger partial charge is 0.573 e. The van der Waals surface area contributed by atoms with Crippen LogP contribution in [-0.4, -0.2) is 12.1 Å². The van der Waals surface area contributed by atoms with Crippen molar-refractivity contribution in [3.63, 3.8) is 0 Å². The van der Waals surface area contributed by atoms with Gasteiger partial charge in [-0.15, -0.1) is 13.2 Å². The molecule has 88 valence electrons.